The number of aryl methyl sites for hydroxylation is 1. The van der Waals surface area contributed by atoms with Crippen LogP contribution in [-0.4, -0.2) is 94.7 Å². The summed E-state index contributed by atoms with van der Waals surface area (Å²) < 4.78 is 16.2. The van der Waals surface area contributed by atoms with Gasteiger partial charge in [0.15, 0.2) is 22.3 Å². The quantitative estimate of drug-likeness (QED) is 0.0821. The maximum Gasteiger partial charge on any atom is 0.306 e. The molecule has 2 N–H and O–H groups in total. The van der Waals surface area contributed by atoms with Crippen molar-refractivity contribution in [3.63, 3.8) is 0 Å². The standard InChI is InChI=1S/C32H42IN3O9S2/c1-20-34-16-27(47-20)31(42)36-25(18-44-5)26(38)15-23(17-43-4)30(41)35-24(14-22-10-7-6-8-11-22)29(40)32(3,19-33)45-28(39)12-9-13-46-21(2)37/h6-8,10-11,16,23-25H,9,12-15,17-19H2,1-5H3,(H,35,41)(H,36,42)/t23-,24-,25-,32+/m0/s1. The first-order valence-corrected chi connectivity index (χ1v) is 18.2. The summed E-state index contributed by atoms with van der Waals surface area (Å²) in [6, 6.07) is 6.91. The number of alkyl halides is 1. The first-order chi connectivity index (χ1) is 22.3. The number of nitrogens with zero attached hydrogens (tertiary/aromatic N) is 1. The van der Waals surface area contributed by atoms with Gasteiger partial charge in [-0.3, -0.25) is 28.8 Å². The van der Waals surface area contributed by atoms with E-state index in [0.29, 0.717) is 22.1 Å². The zero-order chi connectivity index (χ0) is 35.0. The number of rotatable bonds is 21. The minimum atomic E-state index is -1.56. The number of nitrogens with one attached hydrogen (secondary N) is 2. The van der Waals surface area contributed by atoms with E-state index >= 15 is 0 Å². The first-order valence-electron chi connectivity index (χ1n) is 14.9. The van der Waals surface area contributed by atoms with Crippen molar-refractivity contribution >= 4 is 80.2 Å². The zero-order valence-electron chi connectivity index (χ0n) is 27.2. The van der Waals surface area contributed by atoms with Crippen molar-refractivity contribution in [3.8, 4) is 0 Å². The molecule has 47 heavy (non-hydrogen) atoms. The van der Waals surface area contributed by atoms with Gasteiger partial charge in [-0.05, 0) is 32.3 Å². The predicted octanol–water partition coefficient (Wildman–Crippen LogP) is 3.51. The van der Waals surface area contributed by atoms with Crippen molar-refractivity contribution in [2.45, 2.75) is 64.1 Å². The van der Waals surface area contributed by atoms with Crippen LogP contribution in [0.4, 0.5) is 0 Å². The van der Waals surface area contributed by atoms with E-state index in [9.17, 15) is 28.8 Å². The van der Waals surface area contributed by atoms with Crippen molar-refractivity contribution in [3.05, 3.63) is 52.0 Å². The monoisotopic (exact) mass is 803 g/mol. The number of esters is 1. The Kier molecular flexibility index (Phi) is 17.7. The van der Waals surface area contributed by atoms with Crippen LogP contribution in [0, 0.1) is 12.8 Å². The highest BCUT2D eigenvalue weighted by Gasteiger charge is 2.42. The fraction of sp³-hybridized carbons (Fsp3) is 0.531. The molecule has 0 fully saturated rings. The van der Waals surface area contributed by atoms with E-state index in [1.54, 1.807) is 19.1 Å². The molecule has 0 radical (unpaired) electrons. The van der Waals surface area contributed by atoms with Gasteiger partial charge in [0.25, 0.3) is 5.91 Å². The summed E-state index contributed by atoms with van der Waals surface area (Å²) in [4.78, 5) is 82.2. The maximum atomic E-state index is 14.0. The topological polar surface area (TPSA) is 167 Å². The largest absolute Gasteiger partial charge is 0.450 e. The van der Waals surface area contributed by atoms with E-state index in [2.05, 4.69) is 15.6 Å². The van der Waals surface area contributed by atoms with Crippen molar-refractivity contribution in [2.75, 3.05) is 37.6 Å². The lowest BCUT2D eigenvalue weighted by Gasteiger charge is -2.31. The second kappa shape index (κ2) is 20.6. The minimum absolute atomic E-state index is 0.0231. The molecule has 2 rings (SSSR count). The van der Waals surface area contributed by atoms with Gasteiger partial charge < -0.3 is 24.8 Å². The molecule has 0 saturated carbocycles. The Morgan fingerprint density at radius 1 is 1.02 bits per heavy atom. The molecular formula is C32H42IN3O9S2. The summed E-state index contributed by atoms with van der Waals surface area (Å²) in [5.41, 5.74) is -0.803. The third-order valence-electron chi connectivity index (χ3n) is 6.92. The van der Waals surface area contributed by atoms with Gasteiger partial charge >= 0.3 is 5.97 Å². The lowest BCUT2D eigenvalue weighted by Crippen LogP contribution is -2.55. The molecule has 258 valence electrons. The normalized spacial score (nSPS) is 14.3. The van der Waals surface area contributed by atoms with Gasteiger partial charge in [0.1, 0.15) is 10.9 Å². The second-order valence-corrected chi connectivity index (χ2v) is 14.2. The molecule has 0 spiro atoms. The molecule has 1 aromatic carbocycles. The Morgan fingerprint density at radius 3 is 2.28 bits per heavy atom. The molecule has 15 heteroatoms. The average Bonchev–Trinajstić information content (AvgIpc) is 3.48. The van der Waals surface area contributed by atoms with E-state index < -0.39 is 53.0 Å². The number of thioether (sulfide) groups is 1. The molecule has 0 bridgehead atoms. The smallest absolute Gasteiger partial charge is 0.306 e. The second-order valence-electron chi connectivity index (χ2n) is 10.9. The highest BCUT2D eigenvalue weighted by atomic mass is 127. The Bertz CT molecular complexity index is 1370. The number of ketones is 2. The fourth-order valence-electron chi connectivity index (χ4n) is 4.49. The SMILES string of the molecule is COC[C@H](CC(=O)[C@H](COC)NC(=O)c1cnc(C)s1)C(=O)N[C@@H](Cc1ccccc1)C(=O)[C@@](C)(CI)OC(=O)CCCSC(C)=O. The molecule has 1 heterocycles. The van der Waals surface area contributed by atoms with E-state index in [-0.39, 0.29) is 42.0 Å². The molecule has 0 unspecified atom stereocenters. The number of hydrogen-bond acceptors (Lipinski definition) is 12. The summed E-state index contributed by atoms with van der Waals surface area (Å²) >= 11 is 4.25. The number of carbonyl (C=O) groups is 6. The van der Waals surface area contributed by atoms with Gasteiger partial charge in [-0.25, -0.2) is 4.98 Å². The maximum absolute atomic E-state index is 14.0. The highest BCUT2D eigenvalue weighted by molar-refractivity contribution is 14.1. The van der Waals surface area contributed by atoms with E-state index in [4.69, 9.17) is 14.2 Å². The lowest BCUT2D eigenvalue weighted by molar-refractivity contribution is -0.164. The van der Waals surface area contributed by atoms with Crippen molar-refractivity contribution < 1.29 is 43.0 Å². The zero-order valence-corrected chi connectivity index (χ0v) is 31.0. The molecule has 0 aliphatic carbocycles. The van der Waals surface area contributed by atoms with Crippen molar-refractivity contribution in [2.24, 2.45) is 5.92 Å². The number of aromatic nitrogens is 1. The molecule has 0 aliphatic heterocycles. The number of halogens is 1. The van der Waals surface area contributed by atoms with Crippen LogP contribution in [0.5, 0.6) is 0 Å². The Hall–Kier alpha value is -2.73. The van der Waals surface area contributed by atoms with Crippen molar-refractivity contribution in [1.82, 2.24) is 15.6 Å². The Labute approximate surface area is 297 Å². The molecule has 12 nitrogen and oxygen atoms in total. The third kappa shape index (κ3) is 13.7. The summed E-state index contributed by atoms with van der Waals surface area (Å²) in [6.07, 6.45) is 1.64. The number of thiazole rings is 1. The lowest BCUT2D eigenvalue weighted by atomic mass is 9.91. The van der Waals surface area contributed by atoms with Gasteiger partial charge in [0.05, 0.1) is 36.4 Å². The van der Waals surface area contributed by atoms with Crippen LogP contribution in [0.15, 0.2) is 36.5 Å². The van der Waals surface area contributed by atoms with Gasteiger partial charge in [-0.15, -0.1) is 11.3 Å². The van der Waals surface area contributed by atoms with Gasteiger partial charge in [0.2, 0.25) is 5.91 Å². The third-order valence-corrected chi connectivity index (χ3v) is 10.2. The Morgan fingerprint density at radius 2 is 1.70 bits per heavy atom. The number of benzene rings is 1. The molecule has 0 aliphatic rings. The number of amides is 2. The first kappa shape index (κ1) is 40.4. The van der Waals surface area contributed by atoms with Crippen LogP contribution < -0.4 is 10.6 Å². The van der Waals surface area contributed by atoms with Gasteiger partial charge in [-0.1, -0.05) is 64.7 Å². The van der Waals surface area contributed by atoms with Gasteiger partial charge in [0, 0.05) is 44.2 Å². The summed E-state index contributed by atoms with van der Waals surface area (Å²) in [5.74, 6) is -3.22. The van der Waals surface area contributed by atoms with E-state index in [1.165, 1.54) is 45.6 Å². The Balaban J connectivity index is 2.24. The van der Waals surface area contributed by atoms with Crippen LogP contribution in [0.2, 0.25) is 0 Å². The number of carbonyl (C=O) groups excluding carboxylic acids is 6. The number of methoxy groups -OCH3 is 2. The van der Waals surface area contributed by atoms with Crippen LogP contribution in [0.3, 0.4) is 0 Å². The molecule has 2 aromatic rings. The molecule has 2 amide bonds. The molecular weight excluding hydrogens is 761 g/mol. The van der Waals surface area contributed by atoms with Crippen LogP contribution in [-0.2, 0) is 44.6 Å². The van der Waals surface area contributed by atoms with E-state index in [0.717, 1.165) is 17.3 Å². The average molecular weight is 804 g/mol. The highest BCUT2D eigenvalue weighted by Crippen LogP contribution is 2.22. The number of hydrogen-bond donors (Lipinski definition) is 2. The fourth-order valence-corrected chi connectivity index (χ4v) is 6.27. The van der Waals surface area contributed by atoms with E-state index in [1.807, 2.05) is 40.8 Å². The van der Waals surface area contributed by atoms with Gasteiger partial charge in [-0.2, -0.15) is 0 Å². The summed E-state index contributed by atoms with van der Waals surface area (Å²) in [5, 5.41) is 6.09. The molecule has 4 atom stereocenters. The molecule has 1 aromatic heterocycles. The number of ether oxygens (including phenoxy) is 3. The molecule has 0 saturated heterocycles. The van der Waals surface area contributed by atoms with Crippen LogP contribution in [0.1, 0.15) is 53.4 Å². The van der Waals surface area contributed by atoms with Crippen molar-refractivity contribution in [1.29, 1.82) is 0 Å². The predicted molar refractivity (Wildman–Crippen MR) is 188 cm³/mol. The van der Waals surface area contributed by atoms with Crippen LogP contribution in [0.25, 0.3) is 0 Å². The summed E-state index contributed by atoms with van der Waals surface area (Å²) in [6.45, 7) is 4.46. The number of Topliss-reactive ketones (excluding diaryl/α,β-unsaturated/α-hetero) is 2. The summed E-state index contributed by atoms with van der Waals surface area (Å²) in [7, 11) is 2.78. The van der Waals surface area contributed by atoms with Crippen LogP contribution >= 0.6 is 45.7 Å². The minimum Gasteiger partial charge on any atom is -0.450 e.